The van der Waals surface area contributed by atoms with Crippen LogP contribution in [-0.2, 0) is 11.3 Å². The monoisotopic (exact) mass is 285 g/mol. The second-order valence-electron chi connectivity index (χ2n) is 5.25. The van der Waals surface area contributed by atoms with Gasteiger partial charge in [0.05, 0.1) is 0 Å². The molecule has 2 rings (SSSR count). The second kappa shape index (κ2) is 5.91. The molecular formula is C16H19N3O2. The van der Waals surface area contributed by atoms with Crippen molar-refractivity contribution in [3.8, 4) is 0 Å². The van der Waals surface area contributed by atoms with Gasteiger partial charge in [0.1, 0.15) is 6.54 Å². The van der Waals surface area contributed by atoms with E-state index in [4.69, 9.17) is 0 Å². The summed E-state index contributed by atoms with van der Waals surface area (Å²) < 4.78 is 1.36. The number of carbonyl (C=O) groups is 1. The zero-order valence-corrected chi connectivity index (χ0v) is 12.7. The molecule has 0 atom stereocenters. The van der Waals surface area contributed by atoms with Gasteiger partial charge in [-0.3, -0.25) is 9.36 Å². The highest BCUT2D eigenvalue weighted by atomic mass is 16.2. The van der Waals surface area contributed by atoms with Gasteiger partial charge in [-0.15, -0.1) is 0 Å². The van der Waals surface area contributed by atoms with E-state index in [0.717, 1.165) is 16.9 Å². The fourth-order valence-corrected chi connectivity index (χ4v) is 2.13. The zero-order chi connectivity index (χ0) is 15.6. The summed E-state index contributed by atoms with van der Waals surface area (Å²) in [6.45, 7) is 7.52. The predicted molar refractivity (Wildman–Crippen MR) is 82.5 cm³/mol. The predicted octanol–water partition coefficient (Wildman–Crippen LogP) is 2.12. The molecule has 110 valence electrons. The van der Waals surface area contributed by atoms with Gasteiger partial charge in [-0.2, -0.15) is 4.98 Å². The van der Waals surface area contributed by atoms with Crippen molar-refractivity contribution < 1.29 is 4.79 Å². The Morgan fingerprint density at radius 1 is 1.14 bits per heavy atom. The Labute approximate surface area is 123 Å². The lowest BCUT2D eigenvalue weighted by Gasteiger charge is -2.11. The first-order valence-corrected chi connectivity index (χ1v) is 6.79. The molecule has 5 nitrogen and oxygen atoms in total. The van der Waals surface area contributed by atoms with Crippen LogP contribution in [0.4, 0.5) is 5.69 Å². The second-order valence-corrected chi connectivity index (χ2v) is 5.25. The summed E-state index contributed by atoms with van der Waals surface area (Å²) in [5.41, 5.74) is 3.99. The lowest BCUT2D eigenvalue weighted by molar-refractivity contribution is -0.116. The van der Waals surface area contributed by atoms with Crippen molar-refractivity contribution in [3.05, 3.63) is 57.3 Å². The smallest absolute Gasteiger partial charge is 0.325 e. The van der Waals surface area contributed by atoms with Crippen LogP contribution >= 0.6 is 0 Å². The molecule has 1 amide bonds. The Morgan fingerprint density at radius 3 is 2.48 bits per heavy atom. The van der Waals surface area contributed by atoms with E-state index in [1.165, 1.54) is 10.1 Å². The number of nitrogens with zero attached hydrogens (tertiary/aromatic N) is 2. The molecule has 1 heterocycles. The number of benzene rings is 1. The number of rotatable bonds is 3. The van der Waals surface area contributed by atoms with Crippen molar-refractivity contribution in [3.63, 3.8) is 0 Å². The molecule has 1 N–H and O–H groups in total. The number of aromatic nitrogens is 2. The fraction of sp³-hybridized carbons (Fsp3) is 0.312. The van der Waals surface area contributed by atoms with Crippen LogP contribution in [0, 0.1) is 27.7 Å². The highest BCUT2D eigenvalue weighted by Gasteiger charge is 2.09. The quantitative estimate of drug-likeness (QED) is 0.939. The first-order chi connectivity index (χ1) is 9.86. The number of hydrogen-bond donors (Lipinski definition) is 1. The minimum Gasteiger partial charge on any atom is -0.325 e. The minimum atomic E-state index is -0.400. The van der Waals surface area contributed by atoms with E-state index in [-0.39, 0.29) is 12.5 Å². The number of nitrogens with one attached hydrogen (secondary N) is 1. The van der Waals surface area contributed by atoms with Gasteiger partial charge in [0.25, 0.3) is 0 Å². The summed E-state index contributed by atoms with van der Waals surface area (Å²) in [6, 6.07) is 7.50. The van der Waals surface area contributed by atoms with Gasteiger partial charge in [-0.1, -0.05) is 6.07 Å². The third-order valence-electron chi connectivity index (χ3n) is 3.44. The highest BCUT2D eigenvalue weighted by molar-refractivity contribution is 5.90. The minimum absolute atomic E-state index is 0.0368. The molecule has 21 heavy (non-hydrogen) atoms. The van der Waals surface area contributed by atoms with E-state index in [1.54, 1.807) is 19.9 Å². The van der Waals surface area contributed by atoms with Gasteiger partial charge in [-0.05, 0) is 57.0 Å². The number of amides is 1. The van der Waals surface area contributed by atoms with E-state index < -0.39 is 5.69 Å². The summed E-state index contributed by atoms with van der Waals surface area (Å²) in [5.74, 6) is -0.242. The first-order valence-electron chi connectivity index (χ1n) is 6.79. The molecule has 5 heteroatoms. The topological polar surface area (TPSA) is 64.0 Å². The molecule has 0 aliphatic rings. The van der Waals surface area contributed by atoms with Gasteiger partial charge >= 0.3 is 5.69 Å². The highest BCUT2D eigenvalue weighted by Crippen LogP contribution is 2.14. The normalized spacial score (nSPS) is 10.5. The van der Waals surface area contributed by atoms with Crippen molar-refractivity contribution in [2.75, 3.05) is 5.32 Å². The van der Waals surface area contributed by atoms with Crippen molar-refractivity contribution in [1.82, 2.24) is 9.55 Å². The van der Waals surface area contributed by atoms with E-state index in [0.29, 0.717) is 5.69 Å². The maximum Gasteiger partial charge on any atom is 0.348 e. The summed E-state index contributed by atoms with van der Waals surface area (Å²) >= 11 is 0. The van der Waals surface area contributed by atoms with Crippen LogP contribution in [0.15, 0.2) is 29.1 Å². The summed E-state index contributed by atoms with van der Waals surface area (Å²) in [6.07, 6.45) is 0. The zero-order valence-electron chi connectivity index (χ0n) is 12.7. The van der Waals surface area contributed by atoms with Crippen molar-refractivity contribution in [2.24, 2.45) is 0 Å². The van der Waals surface area contributed by atoms with Crippen LogP contribution in [0.25, 0.3) is 0 Å². The van der Waals surface area contributed by atoms with Crippen molar-refractivity contribution in [1.29, 1.82) is 0 Å². The standard InChI is InChI=1S/C16H19N3O2/c1-10-5-6-14(7-11(10)2)18-15(20)9-19-13(4)8-12(3)17-16(19)21/h5-8H,9H2,1-4H3,(H,18,20). The molecule has 0 bridgehead atoms. The van der Waals surface area contributed by atoms with Gasteiger partial charge in [0.2, 0.25) is 5.91 Å². The molecule has 0 saturated heterocycles. The van der Waals surface area contributed by atoms with Gasteiger partial charge in [-0.25, -0.2) is 4.79 Å². The Bertz CT molecular complexity index is 748. The van der Waals surface area contributed by atoms with E-state index in [2.05, 4.69) is 10.3 Å². The Morgan fingerprint density at radius 2 is 1.86 bits per heavy atom. The average Bonchev–Trinajstić information content (AvgIpc) is 2.38. The molecule has 0 aliphatic heterocycles. The Kier molecular flexibility index (Phi) is 4.21. The lowest BCUT2D eigenvalue weighted by atomic mass is 10.1. The Hall–Kier alpha value is -2.43. The molecular weight excluding hydrogens is 266 g/mol. The molecule has 1 aromatic heterocycles. The van der Waals surface area contributed by atoms with Crippen LogP contribution in [0.1, 0.15) is 22.5 Å². The molecule has 2 aromatic rings. The first kappa shape index (κ1) is 15.0. The number of carbonyl (C=O) groups excluding carboxylic acids is 1. The molecule has 0 spiro atoms. The third kappa shape index (κ3) is 3.56. The molecule has 0 aliphatic carbocycles. The van der Waals surface area contributed by atoms with E-state index >= 15 is 0 Å². The Balaban J connectivity index is 2.15. The van der Waals surface area contributed by atoms with Crippen LogP contribution in [0.2, 0.25) is 0 Å². The van der Waals surface area contributed by atoms with Gasteiger partial charge in [0.15, 0.2) is 0 Å². The maximum absolute atomic E-state index is 12.1. The number of anilines is 1. The fourth-order valence-electron chi connectivity index (χ4n) is 2.13. The van der Waals surface area contributed by atoms with E-state index in [1.807, 2.05) is 32.0 Å². The van der Waals surface area contributed by atoms with Crippen molar-refractivity contribution in [2.45, 2.75) is 34.2 Å². The SMILES string of the molecule is Cc1cc(C)n(CC(=O)Nc2ccc(C)c(C)c2)c(=O)n1. The molecule has 0 saturated carbocycles. The van der Waals surface area contributed by atoms with Crippen LogP contribution < -0.4 is 11.0 Å². The molecule has 0 radical (unpaired) electrons. The van der Waals surface area contributed by atoms with Crippen LogP contribution in [0.5, 0.6) is 0 Å². The summed E-state index contributed by atoms with van der Waals surface area (Å²) in [4.78, 5) is 27.7. The summed E-state index contributed by atoms with van der Waals surface area (Å²) in [7, 11) is 0. The molecule has 0 unspecified atom stereocenters. The summed E-state index contributed by atoms with van der Waals surface area (Å²) in [5, 5.41) is 2.80. The number of aryl methyl sites for hydroxylation is 4. The van der Waals surface area contributed by atoms with Crippen LogP contribution in [0.3, 0.4) is 0 Å². The van der Waals surface area contributed by atoms with Gasteiger partial charge < -0.3 is 5.32 Å². The van der Waals surface area contributed by atoms with E-state index in [9.17, 15) is 9.59 Å². The molecule has 1 aromatic carbocycles. The maximum atomic E-state index is 12.1. The van der Waals surface area contributed by atoms with Crippen LogP contribution in [-0.4, -0.2) is 15.5 Å². The third-order valence-corrected chi connectivity index (χ3v) is 3.44. The number of hydrogen-bond acceptors (Lipinski definition) is 3. The van der Waals surface area contributed by atoms with Crippen molar-refractivity contribution >= 4 is 11.6 Å². The molecule has 0 fully saturated rings. The lowest BCUT2D eigenvalue weighted by Crippen LogP contribution is -2.31. The van der Waals surface area contributed by atoms with Gasteiger partial charge in [0, 0.05) is 17.1 Å². The average molecular weight is 285 g/mol. The largest absolute Gasteiger partial charge is 0.348 e.